The maximum absolute atomic E-state index is 14.5. The van der Waals surface area contributed by atoms with E-state index in [4.69, 9.17) is 16.3 Å². The van der Waals surface area contributed by atoms with Crippen LogP contribution in [0.4, 0.5) is 20.7 Å². The summed E-state index contributed by atoms with van der Waals surface area (Å²) >= 11 is 6.09. The molecule has 11 heteroatoms. The molecule has 4 aromatic rings. The third kappa shape index (κ3) is 5.18. The third-order valence-corrected chi connectivity index (χ3v) is 6.37. The number of carbonyl (C=O) groups is 1. The standard InChI is InChI=1S/C25H25ClFN7O2/c1-36-18-6-2-5-17(9-18)32-25(35)34-7-3-4-15(14-34)10-28-24-21(27)13-31-23(33-24)20-12-30-22-19(20)8-16(26)11-29-22/h2,5-6,8-9,11-13,15H,3-4,7,10,14H2,1H3,(H,29,30)(H,32,35)(H,28,31,33)/t15-/m1/s1. The molecule has 9 nitrogen and oxygen atoms in total. The van der Waals surface area contributed by atoms with Crippen LogP contribution in [-0.2, 0) is 0 Å². The van der Waals surface area contributed by atoms with Gasteiger partial charge in [-0.15, -0.1) is 0 Å². The summed E-state index contributed by atoms with van der Waals surface area (Å²) in [7, 11) is 1.58. The maximum atomic E-state index is 14.5. The summed E-state index contributed by atoms with van der Waals surface area (Å²) in [5, 5.41) is 7.28. The number of methoxy groups -OCH3 is 1. The van der Waals surface area contributed by atoms with Crippen LogP contribution in [0.25, 0.3) is 22.4 Å². The number of piperidine rings is 1. The van der Waals surface area contributed by atoms with Gasteiger partial charge in [-0.3, -0.25) is 0 Å². The van der Waals surface area contributed by atoms with E-state index < -0.39 is 5.82 Å². The number of nitrogens with zero attached hydrogens (tertiary/aromatic N) is 4. The lowest BCUT2D eigenvalue weighted by molar-refractivity contribution is 0.180. The van der Waals surface area contributed by atoms with Crippen molar-refractivity contribution in [3.05, 3.63) is 59.8 Å². The van der Waals surface area contributed by atoms with Gasteiger partial charge in [0.2, 0.25) is 0 Å². The van der Waals surface area contributed by atoms with Crippen molar-refractivity contribution in [2.24, 2.45) is 5.92 Å². The van der Waals surface area contributed by atoms with Crippen LogP contribution in [0.5, 0.6) is 5.75 Å². The monoisotopic (exact) mass is 509 g/mol. The Kier molecular flexibility index (Phi) is 6.86. The molecule has 0 saturated carbocycles. The summed E-state index contributed by atoms with van der Waals surface area (Å²) < 4.78 is 19.8. The van der Waals surface area contributed by atoms with Crippen molar-refractivity contribution in [3.63, 3.8) is 0 Å². The van der Waals surface area contributed by atoms with Crippen LogP contribution in [-0.4, -0.2) is 57.6 Å². The van der Waals surface area contributed by atoms with Gasteiger partial charge in [0.15, 0.2) is 17.5 Å². The number of halogens is 2. The number of nitrogens with one attached hydrogen (secondary N) is 3. The Labute approximate surface area is 212 Å². The maximum Gasteiger partial charge on any atom is 0.321 e. The molecule has 0 radical (unpaired) electrons. The van der Waals surface area contributed by atoms with Crippen LogP contribution < -0.4 is 15.4 Å². The topological polar surface area (TPSA) is 108 Å². The number of ether oxygens (including phenoxy) is 1. The summed E-state index contributed by atoms with van der Waals surface area (Å²) in [4.78, 5) is 30.5. The molecular formula is C25H25ClFN7O2. The first-order valence-electron chi connectivity index (χ1n) is 11.6. The fraction of sp³-hybridized carbons (Fsp3) is 0.280. The highest BCUT2D eigenvalue weighted by atomic mass is 35.5. The first kappa shape index (κ1) is 23.8. The molecule has 1 aliphatic heterocycles. The van der Waals surface area contributed by atoms with E-state index in [2.05, 4.69) is 30.6 Å². The summed E-state index contributed by atoms with van der Waals surface area (Å²) in [6.45, 7) is 1.68. The second-order valence-corrected chi connectivity index (χ2v) is 9.08. The molecule has 0 spiro atoms. The van der Waals surface area contributed by atoms with E-state index in [-0.39, 0.29) is 17.8 Å². The molecular weight excluding hydrogens is 485 g/mol. The summed E-state index contributed by atoms with van der Waals surface area (Å²) in [5.41, 5.74) is 2.00. The molecule has 4 heterocycles. The summed E-state index contributed by atoms with van der Waals surface area (Å²) in [5.74, 6) is 0.744. The van der Waals surface area contributed by atoms with E-state index in [1.165, 1.54) is 0 Å². The largest absolute Gasteiger partial charge is 0.497 e. The van der Waals surface area contributed by atoms with E-state index in [1.807, 2.05) is 18.2 Å². The molecule has 0 unspecified atom stereocenters. The molecule has 0 aliphatic carbocycles. The van der Waals surface area contributed by atoms with Gasteiger partial charge in [0.25, 0.3) is 0 Å². The number of fused-ring (bicyclic) bond motifs is 1. The number of pyridine rings is 1. The van der Waals surface area contributed by atoms with E-state index in [0.29, 0.717) is 53.1 Å². The van der Waals surface area contributed by atoms with Crippen molar-refractivity contribution in [3.8, 4) is 17.1 Å². The summed E-state index contributed by atoms with van der Waals surface area (Å²) in [6, 6.07) is 8.83. The zero-order valence-electron chi connectivity index (χ0n) is 19.6. The Morgan fingerprint density at radius 3 is 3.06 bits per heavy atom. The Hall–Kier alpha value is -3.92. The number of hydrogen-bond acceptors (Lipinski definition) is 6. The van der Waals surface area contributed by atoms with Crippen LogP contribution in [0.1, 0.15) is 12.8 Å². The van der Waals surface area contributed by atoms with Gasteiger partial charge in [0.1, 0.15) is 11.4 Å². The molecule has 1 saturated heterocycles. The highest BCUT2D eigenvalue weighted by Gasteiger charge is 2.24. The molecule has 5 rings (SSSR count). The van der Waals surface area contributed by atoms with Crippen LogP contribution in [0.2, 0.25) is 5.02 Å². The average Bonchev–Trinajstić information content (AvgIpc) is 3.31. The number of carbonyl (C=O) groups excluding carboxylic acids is 1. The van der Waals surface area contributed by atoms with Crippen molar-refractivity contribution < 1.29 is 13.9 Å². The van der Waals surface area contributed by atoms with Crippen molar-refractivity contribution in [2.75, 3.05) is 37.4 Å². The van der Waals surface area contributed by atoms with Crippen molar-refractivity contribution in [2.45, 2.75) is 12.8 Å². The zero-order valence-corrected chi connectivity index (χ0v) is 20.3. The first-order valence-corrected chi connectivity index (χ1v) is 12.0. The lowest BCUT2D eigenvalue weighted by atomic mass is 9.98. The van der Waals surface area contributed by atoms with Gasteiger partial charge in [0.05, 0.1) is 18.3 Å². The highest BCUT2D eigenvalue weighted by Crippen LogP contribution is 2.28. The highest BCUT2D eigenvalue weighted by molar-refractivity contribution is 6.31. The number of hydrogen-bond donors (Lipinski definition) is 3. The lowest BCUT2D eigenvalue weighted by Crippen LogP contribution is -2.44. The van der Waals surface area contributed by atoms with Crippen molar-refractivity contribution in [1.82, 2.24) is 24.8 Å². The Morgan fingerprint density at radius 1 is 1.31 bits per heavy atom. The number of urea groups is 1. The van der Waals surface area contributed by atoms with E-state index in [1.54, 1.807) is 36.5 Å². The smallest absolute Gasteiger partial charge is 0.321 e. The molecule has 1 atom stereocenters. The number of benzene rings is 1. The van der Waals surface area contributed by atoms with Crippen LogP contribution in [0.15, 0.2) is 48.9 Å². The molecule has 3 aromatic heterocycles. The number of anilines is 2. The quantitative estimate of drug-likeness (QED) is 0.330. The van der Waals surface area contributed by atoms with Crippen molar-refractivity contribution in [1.29, 1.82) is 0 Å². The average molecular weight is 510 g/mol. The Balaban J connectivity index is 1.24. The van der Waals surface area contributed by atoms with Crippen LogP contribution >= 0.6 is 11.6 Å². The van der Waals surface area contributed by atoms with E-state index in [0.717, 1.165) is 24.4 Å². The van der Waals surface area contributed by atoms with Crippen LogP contribution in [0.3, 0.4) is 0 Å². The van der Waals surface area contributed by atoms with Gasteiger partial charge in [-0.1, -0.05) is 17.7 Å². The number of aromatic nitrogens is 4. The zero-order chi connectivity index (χ0) is 25.1. The molecule has 1 aliphatic rings. The number of amides is 2. The van der Waals surface area contributed by atoms with Gasteiger partial charge in [-0.05, 0) is 37.0 Å². The lowest BCUT2D eigenvalue weighted by Gasteiger charge is -2.33. The van der Waals surface area contributed by atoms with Gasteiger partial charge in [-0.25, -0.2) is 24.1 Å². The number of rotatable bonds is 6. The predicted octanol–water partition coefficient (Wildman–Crippen LogP) is 5.18. The number of likely N-dealkylation sites (tertiary alicyclic amines) is 1. The van der Waals surface area contributed by atoms with E-state index in [9.17, 15) is 9.18 Å². The van der Waals surface area contributed by atoms with Gasteiger partial charge < -0.3 is 25.3 Å². The fourth-order valence-electron chi connectivity index (χ4n) is 4.34. The molecule has 3 N–H and O–H groups in total. The minimum Gasteiger partial charge on any atom is -0.497 e. The summed E-state index contributed by atoms with van der Waals surface area (Å²) in [6.07, 6.45) is 6.20. The Morgan fingerprint density at radius 2 is 2.19 bits per heavy atom. The molecule has 1 aromatic carbocycles. The van der Waals surface area contributed by atoms with Gasteiger partial charge in [-0.2, -0.15) is 0 Å². The minimum atomic E-state index is -0.543. The van der Waals surface area contributed by atoms with Gasteiger partial charge >= 0.3 is 6.03 Å². The normalized spacial score (nSPS) is 15.6. The van der Waals surface area contributed by atoms with Crippen molar-refractivity contribution >= 4 is 40.2 Å². The SMILES string of the molecule is COc1cccc(NC(=O)N2CCC[C@H](CNc3nc(-c4c[nH]c5ncc(Cl)cc45)ncc3F)C2)c1. The molecule has 186 valence electrons. The third-order valence-electron chi connectivity index (χ3n) is 6.17. The second kappa shape index (κ2) is 10.4. The molecule has 36 heavy (non-hydrogen) atoms. The number of H-pyrrole nitrogens is 1. The number of aromatic amines is 1. The molecule has 2 amide bonds. The fourth-order valence-corrected chi connectivity index (χ4v) is 4.50. The first-order chi connectivity index (χ1) is 17.5. The minimum absolute atomic E-state index is 0.113. The molecule has 1 fully saturated rings. The van der Waals surface area contributed by atoms with E-state index >= 15 is 0 Å². The van der Waals surface area contributed by atoms with Crippen LogP contribution in [0, 0.1) is 11.7 Å². The predicted molar refractivity (Wildman–Crippen MR) is 137 cm³/mol. The van der Waals surface area contributed by atoms with Gasteiger partial charge in [0, 0.05) is 54.7 Å². The molecule has 0 bridgehead atoms. The Bertz CT molecular complexity index is 1400. The second-order valence-electron chi connectivity index (χ2n) is 8.64.